The van der Waals surface area contributed by atoms with Crippen molar-refractivity contribution in [2.24, 2.45) is 0 Å². The van der Waals surface area contributed by atoms with Gasteiger partial charge in [-0.15, -0.1) is 0 Å². The van der Waals surface area contributed by atoms with Gasteiger partial charge < -0.3 is 9.73 Å². The molecule has 3 heteroatoms. The number of nitrogens with one attached hydrogen (secondary N) is 1. The Hall–Kier alpha value is -1.19. The molecule has 1 N–H and O–H groups in total. The van der Waals surface area contributed by atoms with Crippen LogP contribution in [0.25, 0.3) is 0 Å². The Balaban J connectivity index is 1.93. The average Bonchev–Trinajstić information content (AvgIpc) is 3.00. The van der Waals surface area contributed by atoms with Crippen molar-refractivity contribution in [2.45, 2.75) is 38.5 Å². The van der Waals surface area contributed by atoms with Gasteiger partial charge in [0.2, 0.25) is 0 Å². The number of hydrogen-bond acceptors (Lipinski definition) is 3. The summed E-state index contributed by atoms with van der Waals surface area (Å²) in [7, 11) is 0. The Morgan fingerprint density at radius 1 is 1.10 bits per heavy atom. The second kappa shape index (κ2) is 8.30. The third kappa shape index (κ3) is 4.94. The molecule has 1 aromatic heterocycles. The molecule has 2 rings (SSSR count). The van der Waals surface area contributed by atoms with Crippen LogP contribution < -0.4 is 5.32 Å². The molecule has 1 atom stereocenters. The predicted octanol–water partition coefficient (Wildman–Crippen LogP) is 4.99. The zero-order chi connectivity index (χ0) is 15.1. The van der Waals surface area contributed by atoms with Gasteiger partial charge >= 0.3 is 0 Å². The average molecular weight is 303 g/mol. The minimum atomic E-state index is 0.399. The zero-order valence-electron chi connectivity index (χ0n) is 13.1. The topological polar surface area (TPSA) is 25.2 Å². The predicted molar refractivity (Wildman–Crippen MR) is 91.8 cm³/mol. The maximum absolute atomic E-state index is 5.38. The number of thioether (sulfide) groups is 1. The van der Waals surface area contributed by atoms with E-state index in [9.17, 15) is 0 Å². The Bertz CT molecular complexity index is 505. The van der Waals surface area contributed by atoms with E-state index in [1.54, 1.807) is 6.26 Å². The van der Waals surface area contributed by atoms with Crippen LogP contribution in [0.4, 0.5) is 0 Å². The summed E-state index contributed by atoms with van der Waals surface area (Å²) in [5.74, 6) is 3.62. The lowest BCUT2D eigenvalue weighted by Gasteiger charge is -2.18. The van der Waals surface area contributed by atoms with Crippen LogP contribution in [0, 0.1) is 0 Å². The van der Waals surface area contributed by atoms with Crippen LogP contribution in [0.1, 0.15) is 49.6 Å². The minimum absolute atomic E-state index is 0.399. The van der Waals surface area contributed by atoms with E-state index in [4.69, 9.17) is 4.42 Å². The van der Waals surface area contributed by atoms with Gasteiger partial charge in [0.25, 0.3) is 0 Å². The van der Waals surface area contributed by atoms with Crippen LogP contribution in [0.2, 0.25) is 0 Å². The molecular formula is C18H25NOS. The van der Waals surface area contributed by atoms with Gasteiger partial charge in [-0.25, -0.2) is 0 Å². The van der Waals surface area contributed by atoms with Crippen molar-refractivity contribution in [2.75, 3.05) is 12.3 Å². The first-order valence-corrected chi connectivity index (χ1v) is 8.79. The molecule has 0 spiro atoms. The maximum Gasteiger partial charge on any atom is 0.113 e. The van der Waals surface area contributed by atoms with E-state index >= 15 is 0 Å². The van der Waals surface area contributed by atoms with Gasteiger partial charge in [0, 0.05) is 11.8 Å². The monoisotopic (exact) mass is 303 g/mol. The van der Waals surface area contributed by atoms with Crippen molar-refractivity contribution in [3.8, 4) is 0 Å². The third-order valence-electron chi connectivity index (χ3n) is 3.56. The Morgan fingerprint density at radius 2 is 1.81 bits per heavy atom. The molecule has 114 valence electrons. The van der Waals surface area contributed by atoms with Crippen LogP contribution in [-0.4, -0.2) is 12.3 Å². The summed E-state index contributed by atoms with van der Waals surface area (Å²) >= 11 is 1.91. The quantitative estimate of drug-likeness (QED) is 0.744. The molecule has 0 aliphatic heterocycles. The van der Waals surface area contributed by atoms with Crippen molar-refractivity contribution in [3.05, 3.63) is 59.5 Å². The van der Waals surface area contributed by atoms with Gasteiger partial charge in [0.15, 0.2) is 0 Å². The molecule has 0 radical (unpaired) electrons. The van der Waals surface area contributed by atoms with Gasteiger partial charge in [-0.05, 0) is 35.7 Å². The lowest BCUT2D eigenvalue weighted by Crippen LogP contribution is -2.23. The van der Waals surface area contributed by atoms with E-state index in [0.29, 0.717) is 12.0 Å². The van der Waals surface area contributed by atoms with Crippen molar-refractivity contribution in [1.82, 2.24) is 5.32 Å². The molecule has 0 saturated heterocycles. The van der Waals surface area contributed by atoms with Gasteiger partial charge in [-0.2, -0.15) is 11.8 Å². The number of rotatable bonds is 8. The normalized spacial score (nSPS) is 12.8. The standard InChI is InChI=1S/C18H25NOS/c1-4-19-18(13-21-12-17-6-5-11-20-17)16-9-7-15(8-10-16)14(2)3/h5-11,14,18-19H,4,12-13H2,1-3H3. The smallest absolute Gasteiger partial charge is 0.113 e. The highest BCUT2D eigenvalue weighted by molar-refractivity contribution is 7.98. The number of hydrogen-bond donors (Lipinski definition) is 1. The van der Waals surface area contributed by atoms with Crippen molar-refractivity contribution < 1.29 is 4.42 Å². The molecular weight excluding hydrogens is 278 g/mol. The highest BCUT2D eigenvalue weighted by Crippen LogP contribution is 2.23. The SMILES string of the molecule is CCNC(CSCc1ccco1)c1ccc(C(C)C)cc1. The fourth-order valence-corrected chi connectivity index (χ4v) is 3.33. The van der Waals surface area contributed by atoms with Crippen LogP contribution >= 0.6 is 11.8 Å². The Kier molecular flexibility index (Phi) is 6.40. The Labute approximate surface area is 132 Å². The van der Waals surface area contributed by atoms with Gasteiger partial charge in [0.1, 0.15) is 5.76 Å². The summed E-state index contributed by atoms with van der Waals surface area (Å²) in [5, 5.41) is 3.58. The lowest BCUT2D eigenvalue weighted by molar-refractivity contribution is 0.530. The fraction of sp³-hybridized carbons (Fsp3) is 0.444. The van der Waals surface area contributed by atoms with E-state index in [-0.39, 0.29) is 0 Å². The molecule has 0 saturated carbocycles. The highest BCUT2D eigenvalue weighted by Gasteiger charge is 2.11. The summed E-state index contributed by atoms with van der Waals surface area (Å²) in [6.45, 7) is 7.61. The largest absolute Gasteiger partial charge is 0.468 e. The second-order valence-corrected chi connectivity index (χ2v) is 6.56. The molecule has 1 unspecified atom stereocenters. The first-order valence-electron chi connectivity index (χ1n) is 7.64. The summed E-state index contributed by atoms with van der Waals surface area (Å²) < 4.78 is 5.38. The number of furan rings is 1. The van der Waals surface area contributed by atoms with E-state index in [2.05, 4.69) is 50.4 Å². The molecule has 1 heterocycles. The Morgan fingerprint density at radius 3 is 2.38 bits per heavy atom. The van der Waals surface area contributed by atoms with Crippen LogP contribution in [-0.2, 0) is 5.75 Å². The molecule has 2 aromatic rings. The van der Waals surface area contributed by atoms with Crippen LogP contribution in [0.3, 0.4) is 0 Å². The first-order chi connectivity index (χ1) is 10.2. The van der Waals surface area contributed by atoms with E-state index in [1.165, 1.54) is 11.1 Å². The van der Waals surface area contributed by atoms with Crippen LogP contribution in [0.5, 0.6) is 0 Å². The van der Waals surface area contributed by atoms with Gasteiger partial charge in [0.05, 0.1) is 12.0 Å². The maximum atomic E-state index is 5.38. The lowest BCUT2D eigenvalue weighted by atomic mass is 9.99. The van der Waals surface area contributed by atoms with Gasteiger partial charge in [-0.3, -0.25) is 0 Å². The summed E-state index contributed by atoms with van der Waals surface area (Å²) in [4.78, 5) is 0. The molecule has 0 bridgehead atoms. The van der Waals surface area contributed by atoms with E-state index < -0.39 is 0 Å². The third-order valence-corrected chi connectivity index (χ3v) is 4.62. The minimum Gasteiger partial charge on any atom is -0.468 e. The molecule has 0 aliphatic rings. The summed E-state index contributed by atoms with van der Waals surface area (Å²) in [5.41, 5.74) is 2.77. The van der Waals surface area contributed by atoms with Crippen molar-refractivity contribution >= 4 is 11.8 Å². The van der Waals surface area contributed by atoms with Gasteiger partial charge in [-0.1, -0.05) is 45.0 Å². The molecule has 21 heavy (non-hydrogen) atoms. The molecule has 0 fully saturated rings. The second-order valence-electron chi connectivity index (χ2n) is 5.53. The van der Waals surface area contributed by atoms with Crippen LogP contribution in [0.15, 0.2) is 47.1 Å². The van der Waals surface area contributed by atoms with Crippen molar-refractivity contribution in [3.63, 3.8) is 0 Å². The molecule has 2 nitrogen and oxygen atoms in total. The molecule has 0 amide bonds. The highest BCUT2D eigenvalue weighted by atomic mass is 32.2. The summed E-state index contributed by atoms with van der Waals surface area (Å²) in [6, 6.07) is 13.4. The summed E-state index contributed by atoms with van der Waals surface area (Å²) in [6.07, 6.45) is 1.74. The molecule has 0 aliphatic carbocycles. The first kappa shape index (κ1) is 16.2. The van der Waals surface area contributed by atoms with E-state index in [0.717, 1.165) is 23.8 Å². The number of benzene rings is 1. The van der Waals surface area contributed by atoms with Crippen molar-refractivity contribution in [1.29, 1.82) is 0 Å². The fourth-order valence-electron chi connectivity index (χ4n) is 2.30. The van der Waals surface area contributed by atoms with E-state index in [1.807, 2.05) is 23.9 Å². The zero-order valence-corrected chi connectivity index (χ0v) is 14.0. The molecule has 1 aromatic carbocycles.